The smallest absolute Gasteiger partial charge is 0.253 e. The first-order chi connectivity index (χ1) is 10.9. The van der Waals surface area contributed by atoms with Gasteiger partial charge in [-0.15, -0.1) is 0 Å². The van der Waals surface area contributed by atoms with Gasteiger partial charge in [-0.1, -0.05) is 11.6 Å². The van der Waals surface area contributed by atoms with Crippen LogP contribution in [-0.2, 0) is 9.84 Å². The Balaban J connectivity index is 1.88. The van der Waals surface area contributed by atoms with Crippen molar-refractivity contribution in [2.45, 2.75) is 12.5 Å². The van der Waals surface area contributed by atoms with Crippen LogP contribution in [0.2, 0.25) is 5.02 Å². The highest BCUT2D eigenvalue weighted by Gasteiger charge is 2.27. The van der Waals surface area contributed by atoms with Gasteiger partial charge in [0.2, 0.25) is 0 Å². The molecule has 1 fully saturated rings. The average Bonchev–Trinajstić information content (AvgIpc) is 2.86. The predicted molar refractivity (Wildman–Crippen MR) is 89.5 cm³/mol. The summed E-state index contributed by atoms with van der Waals surface area (Å²) < 4.78 is 22.8. The molecule has 1 atom stereocenters. The van der Waals surface area contributed by atoms with E-state index in [4.69, 9.17) is 16.7 Å². The fourth-order valence-electron chi connectivity index (χ4n) is 2.57. The Labute approximate surface area is 141 Å². The molecular formula is C15H21ClN2O4S. The van der Waals surface area contributed by atoms with Crippen molar-refractivity contribution >= 4 is 27.3 Å². The van der Waals surface area contributed by atoms with Gasteiger partial charge in [0.25, 0.3) is 5.91 Å². The van der Waals surface area contributed by atoms with Gasteiger partial charge >= 0.3 is 0 Å². The Bertz CT molecular complexity index is 633. The van der Waals surface area contributed by atoms with Crippen LogP contribution < -0.4 is 5.32 Å². The molecule has 0 aliphatic carbocycles. The lowest BCUT2D eigenvalue weighted by atomic mass is 10.2. The average molecular weight is 361 g/mol. The number of aliphatic hydroxyl groups excluding tert-OH is 1. The summed E-state index contributed by atoms with van der Waals surface area (Å²) in [5.74, 6) is 0.184. The van der Waals surface area contributed by atoms with E-state index in [1.165, 1.54) is 0 Å². The SMILES string of the molecule is O=C(c1ccc(Cl)cc1)N(CCO)CCN[C@@H]1CCS(=O)(=O)C1. The molecular weight excluding hydrogens is 340 g/mol. The second-order valence-electron chi connectivity index (χ2n) is 5.58. The summed E-state index contributed by atoms with van der Waals surface area (Å²) in [7, 11) is -2.92. The van der Waals surface area contributed by atoms with Gasteiger partial charge in [0.15, 0.2) is 9.84 Å². The number of nitrogens with zero attached hydrogens (tertiary/aromatic N) is 1. The number of carbonyl (C=O) groups excluding carboxylic acids is 1. The third kappa shape index (κ3) is 5.46. The van der Waals surface area contributed by atoms with Gasteiger partial charge in [-0.25, -0.2) is 8.42 Å². The van der Waals surface area contributed by atoms with E-state index in [1.807, 2.05) is 0 Å². The molecule has 23 heavy (non-hydrogen) atoms. The molecule has 128 valence electrons. The van der Waals surface area contributed by atoms with E-state index in [9.17, 15) is 13.2 Å². The van der Waals surface area contributed by atoms with Crippen molar-refractivity contribution in [1.82, 2.24) is 10.2 Å². The molecule has 0 radical (unpaired) electrons. The number of halogens is 1. The van der Waals surface area contributed by atoms with E-state index in [0.29, 0.717) is 30.1 Å². The Morgan fingerprint density at radius 3 is 2.57 bits per heavy atom. The maximum absolute atomic E-state index is 12.4. The molecule has 0 aromatic heterocycles. The van der Waals surface area contributed by atoms with Gasteiger partial charge < -0.3 is 15.3 Å². The molecule has 8 heteroatoms. The first kappa shape index (κ1) is 18.2. The first-order valence-corrected chi connectivity index (χ1v) is 9.71. The van der Waals surface area contributed by atoms with Crippen LogP contribution in [0.1, 0.15) is 16.8 Å². The summed E-state index contributed by atoms with van der Waals surface area (Å²) >= 11 is 5.81. The first-order valence-electron chi connectivity index (χ1n) is 7.51. The van der Waals surface area contributed by atoms with E-state index in [2.05, 4.69) is 5.32 Å². The molecule has 1 aliphatic heterocycles. The molecule has 1 aliphatic rings. The van der Waals surface area contributed by atoms with Crippen LogP contribution >= 0.6 is 11.6 Å². The van der Waals surface area contributed by atoms with Crippen LogP contribution in [0.25, 0.3) is 0 Å². The van der Waals surface area contributed by atoms with Gasteiger partial charge in [0.1, 0.15) is 0 Å². The fourth-order valence-corrected chi connectivity index (χ4v) is 4.40. The standard InChI is InChI=1S/C15H21ClN2O4S/c16-13-3-1-12(2-4-13)15(20)18(8-9-19)7-6-17-14-5-10-23(21,22)11-14/h1-4,14,17,19H,5-11H2/t14-/m1/s1. The molecule has 6 nitrogen and oxygen atoms in total. The maximum atomic E-state index is 12.4. The van der Waals surface area contributed by atoms with Crippen molar-refractivity contribution in [2.24, 2.45) is 0 Å². The topological polar surface area (TPSA) is 86.7 Å². The third-order valence-electron chi connectivity index (χ3n) is 3.80. The molecule has 0 saturated carbocycles. The Morgan fingerprint density at radius 1 is 1.30 bits per heavy atom. The molecule has 1 amide bonds. The van der Waals surface area contributed by atoms with E-state index >= 15 is 0 Å². The number of nitrogens with one attached hydrogen (secondary N) is 1. The number of benzene rings is 1. The van der Waals surface area contributed by atoms with Crippen LogP contribution in [0.15, 0.2) is 24.3 Å². The number of amides is 1. The van der Waals surface area contributed by atoms with Crippen molar-refractivity contribution < 1.29 is 18.3 Å². The minimum Gasteiger partial charge on any atom is -0.395 e. The van der Waals surface area contributed by atoms with E-state index in [0.717, 1.165) is 0 Å². The summed E-state index contributed by atoms with van der Waals surface area (Å²) in [5, 5.41) is 12.9. The van der Waals surface area contributed by atoms with Gasteiger partial charge in [-0.2, -0.15) is 0 Å². The molecule has 2 rings (SSSR count). The summed E-state index contributed by atoms with van der Waals surface area (Å²) in [4.78, 5) is 14.0. The Hall–Kier alpha value is -1.15. The minimum atomic E-state index is -2.92. The summed E-state index contributed by atoms with van der Waals surface area (Å²) in [5.41, 5.74) is 0.506. The highest BCUT2D eigenvalue weighted by atomic mass is 35.5. The Morgan fingerprint density at radius 2 is 2.00 bits per heavy atom. The number of sulfone groups is 1. The van der Waals surface area contributed by atoms with Crippen LogP contribution in [0, 0.1) is 0 Å². The molecule has 2 N–H and O–H groups in total. The number of aliphatic hydroxyl groups is 1. The molecule has 1 saturated heterocycles. The second-order valence-corrected chi connectivity index (χ2v) is 8.24. The molecule has 0 bridgehead atoms. The van der Waals surface area contributed by atoms with Crippen molar-refractivity contribution in [2.75, 3.05) is 37.7 Å². The van der Waals surface area contributed by atoms with Crippen LogP contribution in [0.4, 0.5) is 0 Å². The van der Waals surface area contributed by atoms with Gasteiger partial charge in [-0.05, 0) is 30.7 Å². The lowest BCUT2D eigenvalue weighted by molar-refractivity contribution is 0.0722. The summed E-state index contributed by atoms with van der Waals surface area (Å²) in [6.07, 6.45) is 0.605. The monoisotopic (exact) mass is 360 g/mol. The normalized spacial score (nSPS) is 19.7. The zero-order valence-corrected chi connectivity index (χ0v) is 14.3. The van der Waals surface area contributed by atoms with E-state index < -0.39 is 9.84 Å². The molecule has 1 heterocycles. The zero-order valence-electron chi connectivity index (χ0n) is 12.7. The molecule has 0 spiro atoms. The zero-order chi connectivity index (χ0) is 16.9. The van der Waals surface area contributed by atoms with Gasteiger partial charge in [0.05, 0.1) is 18.1 Å². The van der Waals surface area contributed by atoms with Crippen molar-refractivity contribution in [3.63, 3.8) is 0 Å². The van der Waals surface area contributed by atoms with E-state index in [-0.39, 0.29) is 36.6 Å². The van der Waals surface area contributed by atoms with Crippen LogP contribution in [0.5, 0.6) is 0 Å². The highest BCUT2D eigenvalue weighted by Crippen LogP contribution is 2.12. The summed E-state index contributed by atoms with van der Waals surface area (Å²) in [6.45, 7) is 0.987. The van der Waals surface area contributed by atoms with Crippen LogP contribution in [0.3, 0.4) is 0 Å². The predicted octanol–water partition coefficient (Wildman–Crippen LogP) is 0.551. The maximum Gasteiger partial charge on any atom is 0.253 e. The molecule has 1 aromatic rings. The second kappa shape index (κ2) is 8.10. The highest BCUT2D eigenvalue weighted by molar-refractivity contribution is 7.91. The number of hydrogen-bond acceptors (Lipinski definition) is 5. The third-order valence-corrected chi connectivity index (χ3v) is 5.82. The molecule has 0 unspecified atom stereocenters. The number of rotatable bonds is 7. The fraction of sp³-hybridized carbons (Fsp3) is 0.533. The van der Waals surface area contributed by atoms with Crippen LogP contribution in [-0.4, -0.2) is 68.1 Å². The van der Waals surface area contributed by atoms with E-state index in [1.54, 1.807) is 29.2 Å². The molecule has 1 aromatic carbocycles. The summed E-state index contributed by atoms with van der Waals surface area (Å²) in [6, 6.07) is 6.53. The lowest BCUT2D eigenvalue weighted by Crippen LogP contribution is -2.41. The number of hydrogen-bond donors (Lipinski definition) is 2. The largest absolute Gasteiger partial charge is 0.395 e. The lowest BCUT2D eigenvalue weighted by Gasteiger charge is -2.23. The number of carbonyl (C=O) groups is 1. The van der Waals surface area contributed by atoms with Gasteiger partial charge in [-0.3, -0.25) is 4.79 Å². The van der Waals surface area contributed by atoms with Crippen molar-refractivity contribution in [3.8, 4) is 0 Å². The quantitative estimate of drug-likeness (QED) is 0.741. The van der Waals surface area contributed by atoms with Crippen molar-refractivity contribution in [3.05, 3.63) is 34.9 Å². The Kier molecular flexibility index (Phi) is 6.41. The van der Waals surface area contributed by atoms with Crippen molar-refractivity contribution in [1.29, 1.82) is 0 Å². The van der Waals surface area contributed by atoms with Gasteiger partial charge in [0, 0.05) is 36.3 Å². The minimum absolute atomic E-state index is 0.0541.